The zero-order valence-corrected chi connectivity index (χ0v) is 19.6. The van der Waals surface area contributed by atoms with Crippen LogP contribution in [0.5, 0.6) is 17.5 Å². The number of nitrogens with zero attached hydrogens (tertiary/aromatic N) is 4. The van der Waals surface area contributed by atoms with Crippen molar-refractivity contribution in [3.05, 3.63) is 72.1 Å². The molecular weight excluding hydrogens is 459 g/mol. The third-order valence-electron chi connectivity index (χ3n) is 5.12. The number of methoxy groups -OCH3 is 1. The van der Waals surface area contributed by atoms with E-state index in [-0.39, 0.29) is 23.8 Å². The molecule has 0 aliphatic carbocycles. The number of alkyl halides is 3. The molecular formula is C25H24F3N5O2. The summed E-state index contributed by atoms with van der Waals surface area (Å²) in [5.41, 5.74) is 2.63. The van der Waals surface area contributed by atoms with Gasteiger partial charge in [-0.1, -0.05) is 6.07 Å². The number of ether oxygens (including phenoxy) is 2. The Labute approximate surface area is 200 Å². The maximum absolute atomic E-state index is 13.1. The van der Waals surface area contributed by atoms with Crippen molar-refractivity contribution in [2.75, 3.05) is 12.4 Å². The Morgan fingerprint density at radius 2 is 1.83 bits per heavy atom. The SMILES string of the molecule is COc1cc(Nc2nc(Oc3cccc(C(F)(F)F)c3)n(C(C)C)n2)ccc1-c1ccnc(C)c1. The Kier molecular flexibility index (Phi) is 6.63. The molecule has 4 aromatic rings. The van der Waals surface area contributed by atoms with Gasteiger partial charge in [0.25, 0.3) is 0 Å². The lowest BCUT2D eigenvalue weighted by atomic mass is 10.0. The van der Waals surface area contributed by atoms with E-state index in [1.165, 1.54) is 16.8 Å². The number of pyridine rings is 1. The Morgan fingerprint density at radius 3 is 2.51 bits per heavy atom. The molecule has 10 heteroatoms. The fourth-order valence-electron chi connectivity index (χ4n) is 3.46. The molecule has 0 aliphatic heterocycles. The maximum atomic E-state index is 13.1. The summed E-state index contributed by atoms with van der Waals surface area (Å²) in [6.07, 6.45) is -2.73. The van der Waals surface area contributed by atoms with Crippen molar-refractivity contribution < 1.29 is 22.6 Å². The number of hydrogen-bond acceptors (Lipinski definition) is 6. The van der Waals surface area contributed by atoms with Crippen LogP contribution in [0.25, 0.3) is 11.1 Å². The van der Waals surface area contributed by atoms with Gasteiger partial charge in [0.05, 0.1) is 18.7 Å². The highest BCUT2D eigenvalue weighted by Crippen LogP contribution is 2.35. The highest BCUT2D eigenvalue weighted by atomic mass is 19.4. The molecule has 0 saturated carbocycles. The van der Waals surface area contributed by atoms with Crippen molar-refractivity contribution >= 4 is 11.6 Å². The molecule has 0 radical (unpaired) electrons. The van der Waals surface area contributed by atoms with Crippen LogP contribution in [-0.2, 0) is 6.18 Å². The second kappa shape index (κ2) is 9.65. The molecule has 4 rings (SSSR count). The van der Waals surface area contributed by atoms with Gasteiger partial charge in [0, 0.05) is 29.2 Å². The predicted octanol–water partition coefficient (Wildman–Crippen LogP) is 6.79. The number of benzene rings is 2. The fraction of sp³-hybridized carbons (Fsp3) is 0.240. The Hall–Kier alpha value is -4.08. The first-order valence-corrected chi connectivity index (χ1v) is 10.8. The van der Waals surface area contributed by atoms with Gasteiger partial charge < -0.3 is 14.8 Å². The number of halogens is 3. The van der Waals surface area contributed by atoms with E-state index >= 15 is 0 Å². The number of rotatable bonds is 7. The van der Waals surface area contributed by atoms with E-state index in [0.717, 1.165) is 29.0 Å². The topological polar surface area (TPSA) is 74.1 Å². The van der Waals surface area contributed by atoms with E-state index in [2.05, 4.69) is 20.4 Å². The summed E-state index contributed by atoms with van der Waals surface area (Å²) in [5, 5.41) is 7.53. The molecule has 0 spiro atoms. The van der Waals surface area contributed by atoms with Crippen LogP contribution < -0.4 is 14.8 Å². The van der Waals surface area contributed by atoms with Crippen molar-refractivity contribution in [1.82, 2.24) is 19.7 Å². The number of aromatic nitrogens is 4. The van der Waals surface area contributed by atoms with Crippen molar-refractivity contribution in [2.45, 2.75) is 33.0 Å². The molecule has 0 atom stereocenters. The molecule has 1 N–H and O–H groups in total. The molecule has 2 aromatic carbocycles. The number of aryl methyl sites for hydroxylation is 1. The van der Waals surface area contributed by atoms with Crippen LogP contribution in [0.1, 0.15) is 31.1 Å². The van der Waals surface area contributed by atoms with Crippen molar-refractivity contribution in [1.29, 1.82) is 0 Å². The molecule has 2 aromatic heterocycles. The Morgan fingerprint density at radius 1 is 1.03 bits per heavy atom. The van der Waals surface area contributed by atoms with Gasteiger partial charge in [-0.15, -0.1) is 5.10 Å². The Bertz CT molecular complexity index is 1330. The zero-order chi connectivity index (χ0) is 25.2. The molecule has 0 bridgehead atoms. The van der Waals surface area contributed by atoms with Crippen molar-refractivity contribution in [3.63, 3.8) is 0 Å². The molecule has 0 fully saturated rings. The third kappa shape index (κ3) is 5.53. The van der Waals surface area contributed by atoms with Crippen LogP contribution in [0.15, 0.2) is 60.8 Å². The van der Waals surface area contributed by atoms with Crippen LogP contribution in [0.2, 0.25) is 0 Å². The lowest BCUT2D eigenvalue weighted by Crippen LogP contribution is -2.07. The predicted molar refractivity (Wildman–Crippen MR) is 126 cm³/mol. The van der Waals surface area contributed by atoms with Gasteiger partial charge in [0.1, 0.15) is 11.5 Å². The maximum Gasteiger partial charge on any atom is 0.416 e. The van der Waals surface area contributed by atoms with Crippen molar-refractivity contribution in [3.8, 4) is 28.6 Å². The average molecular weight is 483 g/mol. The molecule has 0 aliphatic rings. The van der Waals surface area contributed by atoms with Crippen LogP contribution in [0, 0.1) is 6.92 Å². The van der Waals surface area contributed by atoms with Gasteiger partial charge in [0.15, 0.2) is 0 Å². The van der Waals surface area contributed by atoms with E-state index in [4.69, 9.17) is 9.47 Å². The van der Waals surface area contributed by atoms with Gasteiger partial charge in [-0.2, -0.15) is 18.2 Å². The minimum atomic E-state index is -4.47. The quantitative estimate of drug-likeness (QED) is 0.312. The molecule has 0 unspecified atom stereocenters. The van der Waals surface area contributed by atoms with Crippen LogP contribution in [-0.4, -0.2) is 26.9 Å². The van der Waals surface area contributed by atoms with E-state index in [1.807, 2.05) is 51.1 Å². The van der Waals surface area contributed by atoms with Crippen LogP contribution in [0.4, 0.5) is 24.8 Å². The molecule has 35 heavy (non-hydrogen) atoms. The molecule has 182 valence electrons. The van der Waals surface area contributed by atoms with Gasteiger partial charge >= 0.3 is 12.2 Å². The van der Waals surface area contributed by atoms with Crippen LogP contribution in [0.3, 0.4) is 0 Å². The first-order chi connectivity index (χ1) is 16.6. The summed E-state index contributed by atoms with van der Waals surface area (Å²) < 4.78 is 52.0. The molecule has 2 heterocycles. The number of anilines is 2. The lowest BCUT2D eigenvalue weighted by Gasteiger charge is -2.11. The highest BCUT2D eigenvalue weighted by Gasteiger charge is 2.31. The third-order valence-corrected chi connectivity index (χ3v) is 5.12. The Balaban J connectivity index is 1.60. The largest absolute Gasteiger partial charge is 0.496 e. The highest BCUT2D eigenvalue weighted by molar-refractivity contribution is 5.74. The summed E-state index contributed by atoms with van der Waals surface area (Å²) in [5.74, 6) is 0.888. The average Bonchev–Trinajstić information content (AvgIpc) is 3.21. The van der Waals surface area contributed by atoms with E-state index < -0.39 is 11.7 Å². The number of nitrogens with one attached hydrogen (secondary N) is 1. The van der Waals surface area contributed by atoms with E-state index in [0.29, 0.717) is 11.4 Å². The first kappa shape index (κ1) is 24.1. The summed E-state index contributed by atoms with van der Waals surface area (Å²) in [6, 6.07) is 14.0. The fourth-order valence-corrected chi connectivity index (χ4v) is 3.46. The summed E-state index contributed by atoms with van der Waals surface area (Å²) >= 11 is 0. The van der Waals surface area contributed by atoms with Crippen molar-refractivity contribution in [2.24, 2.45) is 0 Å². The standard InChI is InChI=1S/C25H24F3N5O2/c1-15(2)33-24(35-20-7-5-6-18(13-20)25(26,27)28)31-23(32-33)30-19-8-9-21(22(14-19)34-4)17-10-11-29-16(3)12-17/h5-15H,1-4H3,(H,30,32). The van der Waals surface area contributed by atoms with Crippen LogP contribution >= 0.6 is 0 Å². The zero-order valence-electron chi connectivity index (χ0n) is 19.6. The first-order valence-electron chi connectivity index (χ1n) is 10.8. The second-order valence-corrected chi connectivity index (χ2v) is 8.11. The molecule has 0 amide bonds. The lowest BCUT2D eigenvalue weighted by molar-refractivity contribution is -0.137. The summed E-state index contributed by atoms with van der Waals surface area (Å²) in [7, 11) is 1.59. The molecule has 0 saturated heterocycles. The monoisotopic (exact) mass is 483 g/mol. The minimum absolute atomic E-state index is 0.0133. The van der Waals surface area contributed by atoms with Gasteiger partial charge in [-0.3, -0.25) is 4.98 Å². The van der Waals surface area contributed by atoms with Gasteiger partial charge in [0.2, 0.25) is 5.95 Å². The summed E-state index contributed by atoms with van der Waals surface area (Å²) in [6.45, 7) is 5.65. The minimum Gasteiger partial charge on any atom is -0.496 e. The van der Waals surface area contributed by atoms with E-state index in [1.54, 1.807) is 13.3 Å². The van der Waals surface area contributed by atoms with E-state index in [9.17, 15) is 13.2 Å². The second-order valence-electron chi connectivity index (χ2n) is 8.11. The molecule has 7 nitrogen and oxygen atoms in total. The number of hydrogen-bond donors (Lipinski definition) is 1. The normalized spacial score (nSPS) is 11.5. The summed E-state index contributed by atoms with van der Waals surface area (Å²) in [4.78, 5) is 8.58. The van der Waals surface area contributed by atoms with Gasteiger partial charge in [-0.05, 0) is 68.8 Å². The smallest absolute Gasteiger partial charge is 0.416 e. The van der Waals surface area contributed by atoms with Gasteiger partial charge in [-0.25, -0.2) is 4.68 Å².